The smallest absolute Gasteiger partial charge is 0.194 e. The van der Waals surface area contributed by atoms with E-state index in [1.165, 1.54) is 24.0 Å². The summed E-state index contributed by atoms with van der Waals surface area (Å²) in [6, 6.07) is 8.38. The van der Waals surface area contributed by atoms with Gasteiger partial charge in [-0.2, -0.15) is 0 Å². The molecule has 0 spiro atoms. The largest absolute Gasteiger partial charge is 0.380 e. The third kappa shape index (κ3) is 8.87. The first-order valence-electron chi connectivity index (χ1n) is 8.87. The van der Waals surface area contributed by atoms with Gasteiger partial charge < -0.3 is 19.7 Å². The number of nitrogens with one attached hydrogen (secondary N) is 1. The molecule has 1 aliphatic carbocycles. The number of likely N-dealkylation sites (N-methyl/N-ethyl adjacent to an activating group) is 1. The van der Waals surface area contributed by atoms with E-state index in [1.54, 1.807) is 7.11 Å². The maximum atomic E-state index is 5.72. The van der Waals surface area contributed by atoms with Crippen molar-refractivity contribution >= 4 is 29.9 Å². The molecule has 1 aliphatic rings. The van der Waals surface area contributed by atoms with E-state index in [1.807, 2.05) is 0 Å². The summed E-state index contributed by atoms with van der Waals surface area (Å²) >= 11 is 0. The second-order valence-corrected chi connectivity index (χ2v) is 6.36. The number of benzene rings is 1. The van der Waals surface area contributed by atoms with Gasteiger partial charge in [-0.1, -0.05) is 24.3 Å². The van der Waals surface area contributed by atoms with Crippen LogP contribution in [0, 0.1) is 5.92 Å². The normalized spacial score (nSPS) is 14.1. The summed E-state index contributed by atoms with van der Waals surface area (Å²) in [5.74, 6) is 1.74. The number of nitrogens with zero attached hydrogens (tertiary/aromatic N) is 2. The van der Waals surface area contributed by atoms with Crippen LogP contribution in [0.5, 0.6) is 0 Å². The Morgan fingerprint density at radius 1 is 1.32 bits per heavy atom. The fourth-order valence-electron chi connectivity index (χ4n) is 2.46. The summed E-state index contributed by atoms with van der Waals surface area (Å²) < 4.78 is 10.9. The zero-order valence-corrected chi connectivity index (χ0v) is 18.0. The zero-order chi connectivity index (χ0) is 17.2. The number of aliphatic imine (C=N–C) groups is 1. The third-order valence-electron chi connectivity index (χ3n) is 4.03. The SMILES string of the molecule is CCNC(=NCc1cccc(COC)c1)N(C)CCOCC1CC1.I. The zero-order valence-electron chi connectivity index (χ0n) is 15.7. The summed E-state index contributed by atoms with van der Waals surface area (Å²) in [5, 5.41) is 3.35. The molecule has 1 N–H and O–H groups in total. The van der Waals surface area contributed by atoms with Gasteiger partial charge >= 0.3 is 0 Å². The van der Waals surface area contributed by atoms with Gasteiger partial charge in [-0.3, -0.25) is 0 Å². The fourth-order valence-corrected chi connectivity index (χ4v) is 2.46. The topological polar surface area (TPSA) is 46.1 Å². The summed E-state index contributed by atoms with van der Waals surface area (Å²) in [5.41, 5.74) is 2.37. The highest BCUT2D eigenvalue weighted by molar-refractivity contribution is 14.0. The average Bonchev–Trinajstić information content (AvgIpc) is 3.40. The van der Waals surface area contributed by atoms with Crippen LogP contribution in [0.25, 0.3) is 0 Å². The molecule has 0 radical (unpaired) electrons. The summed E-state index contributed by atoms with van der Waals surface area (Å²) in [4.78, 5) is 6.88. The van der Waals surface area contributed by atoms with Gasteiger partial charge in [0.05, 0.1) is 19.8 Å². The highest BCUT2D eigenvalue weighted by Crippen LogP contribution is 2.28. The van der Waals surface area contributed by atoms with Crippen molar-refractivity contribution in [3.8, 4) is 0 Å². The molecule has 2 rings (SSSR count). The Balaban J connectivity index is 0.00000312. The van der Waals surface area contributed by atoms with Crippen LogP contribution in [0.15, 0.2) is 29.3 Å². The Bertz CT molecular complexity index is 521. The second-order valence-electron chi connectivity index (χ2n) is 6.36. The van der Waals surface area contributed by atoms with Gasteiger partial charge in [0.15, 0.2) is 5.96 Å². The van der Waals surface area contributed by atoms with E-state index in [2.05, 4.69) is 48.5 Å². The Morgan fingerprint density at radius 3 is 2.76 bits per heavy atom. The highest BCUT2D eigenvalue weighted by atomic mass is 127. The molecular formula is C19H32IN3O2. The monoisotopic (exact) mass is 461 g/mol. The van der Waals surface area contributed by atoms with Crippen LogP contribution in [0.2, 0.25) is 0 Å². The number of halogens is 1. The van der Waals surface area contributed by atoms with Crippen molar-refractivity contribution in [3.63, 3.8) is 0 Å². The summed E-state index contributed by atoms with van der Waals surface area (Å²) in [7, 11) is 3.78. The van der Waals surface area contributed by atoms with Gasteiger partial charge in [0.25, 0.3) is 0 Å². The fraction of sp³-hybridized carbons (Fsp3) is 0.632. The van der Waals surface area contributed by atoms with Crippen LogP contribution < -0.4 is 5.32 Å². The molecule has 0 amide bonds. The van der Waals surface area contributed by atoms with Crippen molar-refractivity contribution in [2.45, 2.75) is 32.9 Å². The molecule has 1 saturated carbocycles. The Labute approximate surface area is 169 Å². The molecule has 5 nitrogen and oxygen atoms in total. The van der Waals surface area contributed by atoms with Crippen molar-refractivity contribution in [1.29, 1.82) is 0 Å². The van der Waals surface area contributed by atoms with Crippen LogP contribution in [0.4, 0.5) is 0 Å². The predicted octanol–water partition coefficient (Wildman–Crippen LogP) is 3.27. The average molecular weight is 461 g/mol. The summed E-state index contributed by atoms with van der Waals surface area (Å²) in [6.07, 6.45) is 2.67. The number of rotatable bonds is 10. The van der Waals surface area contributed by atoms with Gasteiger partial charge in [0, 0.05) is 33.9 Å². The van der Waals surface area contributed by atoms with Crippen LogP contribution >= 0.6 is 24.0 Å². The molecule has 0 heterocycles. The molecule has 0 aliphatic heterocycles. The Kier molecular flexibility index (Phi) is 11.1. The van der Waals surface area contributed by atoms with Crippen molar-refractivity contribution in [1.82, 2.24) is 10.2 Å². The van der Waals surface area contributed by atoms with E-state index < -0.39 is 0 Å². The van der Waals surface area contributed by atoms with Gasteiger partial charge in [0.2, 0.25) is 0 Å². The third-order valence-corrected chi connectivity index (χ3v) is 4.03. The second kappa shape index (κ2) is 12.5. The Morgan fingerprint density at radius 2 is 2.08 bits per heavy atom. The van der Waals surface area contributed by atoms with Crippen LogP contribution in [0.1, 0.15) is 30.9 Å². The van der Waals surface area contributed by atoms with E-state index in [0.717, 1.165) is 38.2 Å². The van der Waals surface area contributed by atoms with Crippen LogP contribution in [-0.4, -0.2) is 51.3 Å². The van der Waals surface area contributed by atoms with E-state index >= 15 is 0 Å². The van der Waals surface area contributed by atoms with E-state index in [9.17, 15) is 0 Å². The molecule has 1 fully saturated rings. The summed E-state index contributed by atoms with van der Waals surface area (Å²) in [6.45, 7) is 6.75. The molecule has 0 bridgehead atoms. The van der Waals surface area contributed by atoms with Crippen molar-refractivity contribution in [3.05, 3.63) is 35.4 Å². The van der Waals surface area contributed by atoms with Gasteiger partial charge in [-0.05, 0) is 36.8 Å². The number of hydrogen-bond donors (Lipinski definition) is 1. The predicted molar refractivity (Wildman–Crippen MR) is 114 cm³/mol. The maximum Gasteiger partial charge on any atom is 0.194 e. The maximum absolute atomic E-state index is 5.72. The lowest BCUT2D eigenvalue weighted by Gasteiger charge is -2.22. The molecule has 1 aromatic rings. The van der Waals surface area contributed by atoms with Crippen molar-refractivity contribution < 1.29 is 9.47 Å². The first-order valence-corrected chi connectivity index (χ1v) is 8.87. The lowest BCUT2D eigenvalue weighted by Crippen LogP contribution is -2.40. The standard InChI is InChI=1S/C19H31N3O2.HI/c1-4-20-19(22(2)10-11-24-15-16-8-9-16)21-13-17-6-5-7-18(12-17)14-23-3;/h5-7,12,16H,4,8-11,13-15H2,1-3H3,(H,20,21);1H. The lowest BCUT2D eigenvalue weighted by atomic mass is 10.1. The van der Waals surface area contributed by atoms with Crippen LogP contribution in [0.3, 0.4) is 0 Å². The van der Waals surface area contributed by atoms with E-state index in [0.29, 0.717) is 13.2 Å². The minimum Gasteiger partial charge on any atom is -0.380 e. The molecule has 1 aromatic carbocycles. The van der Waals surface area contributed by atoms with Gasteiger partial charge in [-0.25, -0.2) is 4.99 Å². The van der Waals surface area contributed by atoms with E-state index in [-0.39, 0.29) is 24.0 Å². The lowest BCUT2D eigenvalue weighted by molar-refractivity contribution is 0.115. The first-order chi connectivity index (χ1) is 11.7. The molecular weight excluding hydrogens is 429 g/mol. The highest BCUT2D eigenvalue weighted by Gasteiger charge is 2.21. The molecule has 142 valence electrons. The van der Waals surface area contributed by atoms with Crippen molar-refractivity contribution in [2.24, 2.45) is 10.9 Å². The number of hydrogen-bond acceptors (Lipinski definition) is 3. The van der Waals surface area contributed by atoms with Gasteiger partial charge in [0.1, 0.15) is 0 Å². The number of methoxy groups -OCH3 is 1. The molecule has 0 unspecified atom stereocenters. The minimum atomic E-state index is 0. The molecule has 0 atom stereocenters. The quantitative estimate of drug-likeness (QED) is 0.252. The molecule has 25 heavy (non-hydrogen) atoms. The minimum absolute atomic E-state index is 0. The van der Waals surface area contributed by atoms with Crippen molar-refractivity contribution in [2.75, 3.05) is 40.5 Å². The molecule has 6 heteroatoms. The molecule has 0 aromatic heterocycles. The Hall–Kier alpha value is -0.860. The number of guanidine groups is 1. The van der Waals surface area contributed by atoms with Crippen LogP contribution in [-0.2, 0) is 22.6 Å². The molecule has 0 saturated heterocycles. The first kappa shape index (κ1) is 22.2. The van der Waals surface area contributed by atoms with E-state index in [4.69, 9.17) is 14.5 Å². The van der Waals surface area contributed by atoms with Gasteiger partial charge in [-0.15, -0.1) is 24.0 Å². The number of ether oxygens (including phenoxy) is 2.